The molecule has 2 heterocycles. The molecule has 1 aliphatic carbocycles. The molecule has 1 aromatic heterocycles. The van der Waals surface area contributed by atoms with Gasteiger partial charge >= 0.3 is 0 Å². The number of nitrogens with zero attached hydrogens (tertiary/aromatic N) is 3. The molecule has 20 heavy (non-hydrogen) atoms. The fourth-order valence-electron chi connectivity index (χ4n) is 3.19. The van der Waals surface area contributed by atoms with Crippen LogP contribution in [0.3, 0.4) is 0 Å². The molecular weight excluding hydrogens is 277 g/mol. The van der Waals surface area contributed by atoms with Gasteiger partial charge in [0.15, 0.2) is 0 Å². The number of rotatable bonds is 2. The zero-order valence-electron chi connectivity index (χ0n) is 11.7. The second-order valence-electron chi connectivity index (χ2n) is 5.59. The number of halogens is 1. The van der Waals surface area contributed by atoms with E-state index in [-0.39, 0.29) is 11.9 Å². The minimum absolute atomic E-state index is 0.0113. The van der Waals surface area contributed by atoms with Crippen LogP contribution in [0.4, 0.5) is 4.39 Å². The molecule has 110 valence electrons. The smallest absolute Gasteiger partial charge is 0.273 e. The van der Waals surface area contributed by atoms with Crippen LogP contribution in [0.25, 0.3) is 0 Å². The van der Waals surface area contributed by atoms with E-state index >= 15 is 0 Å². The molecule has 0 N–H and O–H groups in total. The summed E-state index contributed by atoms with van der Waals surface area (Å²) in [6.45, 7) is 4.82. The highest BCUT2D eigenvalue weighted by atomic mass is 32.1. The van der Waals surface area contributed by atoms with Crippen molar-refractivity contribution < 1.29 is 9.18 Å². The van der Waals surface area contributed by atoms with Crippen molar-refractivity contribution >= 4 is 17.2 Å². The van der Waals surface area contributed by atoms with Crippen LogP contribution in [0.15, 0.2) is 5.38 Å². The number of aromatic nitrogens is 1. The number of thiazole rings is 1. The molecule has 0 spiro atoms. The van der Waals surface area contributed by atoms with Gasteiger partial charge in [-0.25, -0.2) is 9.37 Å². The Labute approximate surface area is 122 Å². The fourth-order valence-corrected chi connectivity index (χ4v) is 3.77. The Bertz CT molecular complexity index is 485. The Hall–Kier alpha value is -1.01. The Kier molecular flexibility index (Phi) is 4.03. The van der Waals surface area contributed by atoms with Crippen LogP contribution in [0.1, 0.15) is 34.8 Å². The van der Waals surface area contributed by atoms with Crippen LogP contribution in [0.2, 0.25) is 0 Å². The number of aryl methyl sites for hydroxylation is 1. The molecule has 0 bridgehead atoms. The summed E-state index contributed by atoms with van der Waals surface area (Å²) < 4.78 is 13.8. The van der Waals surface area contributed by atoms with E-state index in [1.165, 1.54) is 11.3 Å². The van der Waals surface area contributed by atoms with E-state index in [4.69, 9.17) is 0 Å². The van der Waals surface area contributed by atoms with Gasteiger partial charge in [-0.3, -0.25) is 9.69 Å². The normalized spacial score (nSPS) is 28.0. The van der Waals surface area contributed by atoms with Crippen LogP contribution >= 0.6 is 11.3 Å². The molecule has 1 aliphatic heterocycles. The lowest BCUT2D eigenvalue weighted by atomic mass is 10.1. The molecule has 1 saturated heterocycles. The van der Waals surface area contributed by atoms with E-state index in [2.05, 4.69) is 9.88 Å². The summed E-state index contributed by atoms with van der Waals surface area (Å²) in [5.74, 6) is 0.0113. The Balaban J connectivity index is 1.57. The first-order valence-electron chi connectivity index (χ1n) is 7.24. The van der Waals surface area contributed by atoms with E-state index < -0.39 is 6.17 Å². The van der Waals surface area contributed by atoms with Crippen molar-refractivity contribution in [3.05, 3.63) is 16.1 Å². The summed E-state index contributed by atoms with van der Waals surface area (Å²) in [5, 5.41) is 2.73. The SMILES string of the molecule is Cc1nc(C(=O)N2CCN([C@@H]3CCC[C@H]3F)CC2)cs1. The lowest BCUT2D eigenvalue weighted by molar-refractivity contribution is 0.0484. The predicted octanol–water partition coefficient (Wildman–Crippen LogP) is 2.10. The molecule has 0 aromatic carbocycles. The van der Waals surface area contributed by atoms with Crippen molar-refractivity contribution in [1.29, 1.82) is 0 Å². The molecule has 0 unspecified atom stereocenters. The highest BCUT2D eigenvalue weighted by Gasteiger charge is 2.34. The minimum atomic E-state index is -0.682. The number of carbonyl (C=O) groups is 1. The standard InChI is InChI=1S/C14H20FN3OS/c1-10-16-12(9-20-10)14(19)18-7-5-17(6-8-18)13-4-2-3-11(13)15/h9,11,13H,2-8H2,1H3/t11-,13-/m1/s1. The first-order valence-corrected chi connectivity index (χ1v) is 8.12. The van der Waals surface area contributed by atoms with Gasteiger partial charge in [-0.2, -0.15) is 0 Å². The topological polar surface area (TPSA) is 36.4 Å². The summed E-state index contributed by atoms with van der Waals surface area (Å²) in [6.07, 6.45) is 1.96. The van der Waals surface area contributed by atoms with Gasteiger partial charge in [0, 0.05) is 37.6 Å². The fraction of sp³-hybridized carbons (Fsp3) is 0.714. The number of amides is 1. The summed E-state index contributed by atoms with van der Waals surface area (Å²) in [7, 11) is 0. The maximum absolute atomic E-state index is 13.8. The molecule has 2 atom stereocenters. The monoisotopic (exact) mass is 297 g/mol. The third-order valence-corrected chi connectivity index (χ3v) is 5.08. The Morgan fingerprint density at radius 1 is 1.35 bits per heavy atom. The number of piperazine rings is 1. The van der Waals surface area contributed by atoms with Gasteiger partial charge in [-0.05, 0) is 26.2 Å². The van der Waals surface area contributed by atoms with Gasteiger partial charge in [-0.15, -0.1) is 11.3 Å². The quantitative estimate of drug-likeness (QED) is 0.839. The summed E-state index contributed by atoms with van der Waals surface area (Å²) in [4.78, 5) is 20.6. The maximum Gasteiger partial charge on any atom is 0.273 e. The average molecular weight is 297 g/mol. The Morgan fingerprint density at radius 2 is 2.10 bits per heavy atom. The van der Waals surface area contributed by atoms with Gasteiger partial charge in [0.05, 0.1) is 5.01 Å². The molecule has 0 radical (unpaired) electrons. The highest BCUT2D eigenvalue weighted by molar-refractivity contribution is 7.09. The first kappa shape index (κ1) is 13.9. The molecule has 2 fully saturated rings. The third kappa shape index (κ3) is 2.72. The highest BCUT2D eigenvalue weighted by Crippen LogP contribution is 2.27. The Morgan fingerprint density at radius 3 is 2.65 bits per heavy atom. The number of alkyl halides is 1. The van der Waals surface area contributed by atoms with E-state index in [9.17, 15) is 9.18 Å². The van der Waals surface area contributed by atoms with Crippen molar-refractivity contribution in [3.8, 4) is 0 Å². The summed E-state index contributed by atoms with van der Waals surface area (Å²) in [5.41, 5.74) is 0.546. The zero-order chi connectivity index (χ0) is 14.1. The van der Waals surface area contributed by atoms with Gasteiger partial charge in [0.2, 0.25) is 0 Å². The van der Waals surface area contributed by atoms with Gasteiger partial charge in [0.25, 0.3) is 5.91 Å². The van der Waals surface area contributed by atoms with Crippen LogP contribution in [-0.2, 0) is 0 Å². The largest absolute Gasteiger partial charge is 0.335 e. The van der Waals surface area contributed by atoms with Crippen LogP contribution < -0.4 is 0 Å². The summed E-state index contributed by atoms with van der Waals surface area (Å²) in [6, 6.07) is 0.0776. The van der Waals surface area contributed by atoms with Crippen LogP contribution in [0, 0.1) is 6.92 Å². The zero-order valence-corrected chi connectivity index (χ0v) is 12.5. The second-order valence-corrected chi connectivity index (χ2v) is 6.66. The minimum Gasteiger partial charge on any atom is -0.335 e. The van der Waals surface area contributed by atoms with E-state index in [1.807, 2.05) is 17.2 Å². The van der Waals surface area contributed by atoms with Gasteiger partial charge in [0.1, 0.15) is 11.9 Å². The number of carbonyl (C=O) groups excluding carboxylic acids is 1. The van der Waals surface area contributed by atoms with Crippen molar-refractivity contribution in [2.24, 2.45) is 0 Å². The second kappa shape index (κ2) is 5.77. The van der Waals surface area contributed by atoms with Crippen LogP contribution in [0.5, 0.6) is 0 Å². The van der Waals surface area contributed by atoms with Crippen molar-refractivity contribution in [2.45, 2.75) is 38.4 Å². The van der Waals surface area contributed by atoms with Crippen LogP contribution in [-0.4, -0.2) is 59.1 Å². The summed E-state index contributed by atoms with van der Waals surface area (Å²) >= 11 is 1.50. The molecule has 1 amide bonds. The van der Waals surface area contributed by atoms with Crippen molar-refractivity contribution in [3.63, 3.8) is 0 Å². The predicted molar refractivity (Wildman–Crippen MR) is 76.9 cm³/mol. The number of hydrogen-bond acceptors (Lipinski definition) is 4. The maximum atomic E-state index is 13.8. The lowest BCUT2D eigenvalue weighted by Gasteiger charge is -2.38. The third-order valence-electron chi connectivity index (χ3n) is 4.31. The lowest BCUT2D eigenvalue weighted by Crippen LogP contribution is -2.53. The molecular formula is C14H20FN3OS. The molecule has 4 nitrogen and oxygen atoms in total. The first-order chi connectivity index (χ1) is 9.65. The number of hydrogen-bond donors (Lipinski definition) is 0. The molecule has 6 heteroatoms. The van der Waals surface area contributed by atoms with Gasteiger partial charge in [-0.1, -0.05) is 0 Å². The van der Waals surface area contributed by atoms with E-state index in [0.29, 0.717) is 25.2 Å². The molecule has 1 saturated carbocycles. The molecule has 3 rings (SSSR count). The van der Waals surface area contributed by atoms with Crippen molar-refractivity contribution in [2.75, 3.05) is 26.2 Å². The van der Waals surface area contributed by atoms with Gasteiger partial charge < -0.3 is 4.90 Å². The van der Waals surface area contributed by atoms with E-state index in [0.717, 1.165) is 30.9 Å². The van der Waals surface area contributed by atoms with E-state index in [1.54, 1.807) is 0 Å². The molecule has 2 aliphatic rings. The average Bonchev–Trinajstić information content (AvgIpc) is 3.07. The van der Waals surface area contributed by atoms with Crippen molar-refractivity contribution in [1.82, 2.24) is 14.8 Å². The molecule has 1 aromatic rings.